The van der Waals surface area contributed by atoms with Gasteiger partial charge in [0.25, 0.3) is 0 Å². The molecule has 0 rings (SSSR count). The second-order valence-electron chi connectivity index (χ2n) is 7.73. The zero-order chi connectivity index (χ0) is 24.8. The summed E-state index contributed by atoms with van der Waals surface area (Å²) in [4.78, 5) is 60.2. The molecule has 0 aromatic rings. The lowest BCUT2D eigenvalue weighted by Crippen LogP contribution is -2.57. The maximum Gasteiger partial charge on any atom is 0.327 e. The highest BCUT2D eigenvalue weighted by atomic mass is 32.2. The summed E-state index contributed by atoms with van der Waals surface area (Å²) in [5.41, 5.74) is 11.0. The predicted octanol–water partition coefficient (Wildman–Crippen LogP) is -1.15. The Labute approximate surface area is 198 Å². The zero-order valence-electron chi connectivity index (χ0n) is 18.6. The van der Waals surface area contributed by atoms with Crippen molar-refractivity contribution in [2.24, 2.45) is 17.4 Å². The van der Waals surface area contributed by atoms with E-state index in [9.17, 15) is 24.0 Å². The summed E-state index contributed by atoms with van der Waals surface area (Å²) < 4.78 is 0. The van der Waals surface area contributed by atoms with Crippen LogP contribution in [0.5, 0.6) is 0 Å². The van der Waals surface area contributed by atoms with Gasteiger partial charge in [0.15, 0.2) is 0 Å². The van der Waals surface area contributed by atoms with E-state index in [0.29, 0.717) is 12.2 Å². The van der Waals surface area contributed by atoms with Gasteiger partial charge in [0.05, 0.1) is 6.04 Å². The van der Waals surface area contributed by atoms with Crippen molar-refractivity contribution in [2.45, 2.75) is 63.7 Å². The number of carbonyl (C=O) groups excluding carboxylic acids is 4. The Morgan fingerprint density at radius 3 is 1.88 bits per heavy atom. The summed E-state index contributed by atoms with van der Waals surface area (Å²) in [6.07, 6.45) is 2.21. The maximum atomic E-state index is 12.9. The second kappa shape index (κ2) is 15.8. The molecule has 32 heavy (non-hydrogen) atoms. The van der Waals surface area contributed by atoms with Crippen molar-refractivity contribution in [1.82, 2.24) is 16.0 Å². The van der Waals surface area contributed by atoms with E-state index in [-0.39, 0.29) is 30.9 Å². The molecule has 0 saturated heterocycles. The molecule has 0 spiro atoms. The van der Waals surface area contributed by atoms with Crippen LogP contribution in [-0.4, -0.2) is 76.6 Å². The van der Waals surface area contributed by atoms with Crippen molar-refractivity contribution in [3.05, 3.63) is 0 Å². The minimum atomic E-state index is -1.29. The average molecular weight is 494 g/mol. The summed E-state index contributed by atoms with van der Waals surface area (Å²) in [6.45, 7) is 3.84. The molecular weight excluding hydrogens is 458 g/mol. The first kappa shape index (κ1) is 30.0. The fourth-order valence-corrected chi connectivity index (χ4v) is 3.40. The van der Waals surface area contributed by atoms with Gasteiger partial charge >= 0.3 is 5.97 Å². The molecule has 8 N–H and O–H groups in total. The van der Waals surface area contributed by atoms with Gasteiger partial charge in [-0.05, 0) is 37.2 Å². The van der Waals surface area contributed by atoms with Crippen molar-refractivity contribution in [3.63, 3.8) is 0 Å². The van der Waals surface area contributed by atoms with Crippen LogP contribution >= 0.6 is 24.4 Å². The van der Waals surface area contributed by atoms with E-state index in [4.69, 9.17) is 16.6 Å². The Balaban J connectivity index is 5.42. The first-order valence-corrected chi connectivity index (χ1v) is 12.2. The number of rotatable bonds is 16. The monoisotopic (exact) mass is 493 g/mol. The van der Waals surface area contributed by atoms with Gasteiger partial charge in [-0.3, -0.25) is 19.2 Å². The highest BCUT2D eigenvalue weighted by molar-refractivity contribution is 7.98. The summed E-state index contributed by atoms with van der Waals surface area (Å²) in [6, 6.07) is -4.26. The van der Waals surface area contributed by atoms with Gasteiger partial charge in [0, 0.05) is 12.2 Å². The molecule has 13 heteroatoms. The lowest BCUT2D eigenvalue weighted by Gasteiger charge is -2.25. The molecule has 4 unspecified atom stereocenters. The number of thioether (sulfide) groups is 1. The standard InChI is InChI=1S/C19H35N5O6S2/c1-10(2)8-11(20)16(26)22-13(6-7-32-3)18(28)23-12(4-5-15(21)25)17(27)24-14(9-31)19(29)30/h10-14,31H,4-9,20H2,1-3H3,(H2,21,25)(H,22,26)(H,23,28)(H,24,27)(H,29,30). The molecule has 0 radical (unpaired) electrons. The normalized spacial score (nSPS) is 14.7. The number of carboxylic acid groups (broad SMARTS) is 1. The molecule has 0 aromatic heterocycles. The second-order valence-corrected chi connectivity index (χ2v) is 9.08. The smallest absolute Gasteiger partial charge is 0.327 e. The zero-order valence-corrected chi connectivity index (χ0v) is 20.3. The number of carboxylic acids is 1. The number of primary amides is 1. The molecule has 0 bridgehead atoms. The van der Waals surface area contributed by atoms with E-state index in [2.05, 4.69) is 28.6 Å². The molecular formula is C19H35N5O6S2. The highest BCUT2D eigenvalue weighted by Crippen LogP contribution is 2.07. The van der Waals surface area contributed by atoms with Gasteiger partial charge in [-0.2, -0.15) is 24.4 Å². The fourth-order valence-electron chi connectivity index (χ4n) is 2.68. The summed E-state index contributed by atoms with van der Waals surface area (Å²) in [5, 5.41) is 16.5. The Bertz CT molecular complexity index is 664. The van der Waals surface area contributed by atoms with E-state index in [0.717, 1.165) is 0 Å². The van der Waals surface area contributed by atoms with E-state index in [1.54, 1.807) is 0 Å². The third-order valence-corrected chi connectivity index (χ3v) is 5.42. The summed E-state index contributed by atoms with van der Waals surface area (Å²) in [7, 11) is 0. The largest absolute Gasteiger partial charge is 0.480 e. The van der Waals surface area contributed by atoms with Crippen LogP contribution in [0, 0.1) is 5.92 Å². The van der Waals surface area contributed by atoms with Crippen molar-refractivity contribution in [2.75, 3.05) is 17.8 Å². The van der Waals surface area contributed by atoms with E-state index >= 15 is 0 Å². The van der Waals surface area contributed by atoms with Crippen LogP contribution < -0.4 is 27.4 Å². The molecule has 4 atom stereocenters. The third kappa shape index (κ3) is 12.2. The number of aliphatic carboxylic acids is 1. The molecule has 0 aliphatic heterocycles. The van der Waals surface area contributed by atoms with Crippen molar-refractivity contribution < 1.29 is 29.1 Å². The van der Waals surface area contributed by atoms with Gasteiger partial charge in [-0.25, -0.2) is 4.79 Å². The molecule has 0 fully saturated rings. The molecule has 184 valence electrons. The molecule has 11 nitrogen and oxygen atoms in total. The Hall–Kier alpha value is -1.99. The number of carbonyl (C=O) groups is 5. The van der Waals surface area contributed by atoms with Crippen LogP contribution in [0.2, 0.25) is 0 Å². The van der Waals surface area contributed by atoms with Crippen molar-refractivity contribution >= 4 is 54.0 Å². The van der Waals surface area contributed by atoms with Gasteiger partial charge in [0.2, 0.25) is 23.6 Å². The topological polar surface area (TPSA) is 194 Å². The maximum absolute atomic E-state index is 12.9. The first-order chi connectivity index (χ1) is 14.9. The van der Waals surface area contributed by atoms with Gasteiger partial charge < -0.3 is 32.5 Å². The average Bonchev–Trinajstić information content (AvgIpc) is 2.70. The number of hydrogen-bond acceptors (Lipinski definition) is 8. The minimum Gasteiger partial charge on any atom is -0.480 e. The van der Waals surface area contributed by atoms with Crippen LogP contribution in [-0.2, 0) is 24.0 Å². The number of nitrogens with one attached hydrogen (secondary N) is 3. The Kier molecular flexibility index (Phi) is 14.8. The van der Waals surface area contributed by atoms with Crippen molar-refractivity contribution in [3.8, 4) is 0 Å². The predicted molar refractivity (Wildman–Crippen MR) is 126 cm³/mol. The number of amides is 4. The lowest BCUT2D eigenvalue weighted by atomic mass is 10.0. The van der Waals surface area contributed by atoms with Gasteiger partial charge in [-0.15, -0.1) is 0 Å². The first-order valence-electron chi connectivity index (χ1n) is 10.2. The van der Waals surface area contributed by atoms with Gasteiger partial charge in [0.1, 0.15) is 18.1 Å². The van der Waals surface area contributed by atoms with Crippen LogP contribution in [0.25, 0.3) is 0 Å². The molecule has 0 aliphatic carbocycles. The Morgan fingerprint density at radius 1 is 0.938 bits per heavy atom. The lowest BCUT2D eigenvalue weighted by molar-refractivity contribution is -0.141. The van der Waals surface area contributed by atoms with Gasteiger partial charge in [-0.1, -0.05) is 13.8 Å². The van der Waals surface area contributed by atoms with Crippen LogP contribution in [0.15, 0.2) is 0 Å². The summed E-state index contributed by atoms with van der Waals surface area (Å²) in [5.74, 6) is -3.34. The van der Waals surface area contributed by atoms with E-state index in [1.165, 1.54) is 11.8 Å². The quantitative estimate of drug-likeness (QED) is 0.131. The summed E-state index contributed by atoms with van der Waals surface area (Å²) >= 11 is 5.36. The highest BCUT2D eigenvalue weighted by Gasteiger charge is 2.30. The number of thiol groups is 1. The third-order valence-electron chi connectivity index (χ3n) is 4.42. The van der Waals surface area contributed by atoms with Crippen molar-refractivity contribution in [1.29, 1.82) is 0 Å². The SMILES string of the molecule is CSCCC(NC(=O)C(N)CC(C)C)C(=O)NC(CCC(N)=O)C(=O)NC(CS)C(=O)O. The van der Waals surface area contributed by atoms with Crippen LogP contribution in [0.1, 0.15) is 39.5 Å². The Morgan fingerprint density at radius 2 is 1.44 bits per heavy atom. The molecule has 0 heterocycles. The molecule has 4 amide bonds. The number of nitrogens with two attached hydrogens (primary N) is 2. The van der Waals surface area contributed by atoms with Crippen LogP contribution in [0.3, 0.4) is 0 Å². The van der Waals surface area contributed by atoms with E-state index in [1.807, 2.05) is 20.1 Å². The molecule has 0 aromatic carbocycles. The van der Waals surface area contributed by atoms with E-state index < -0.39 is 53.8 Å². The minimum absolute atomic E-state index is 0.137. The van der Waals surface area contributed by atoms with Crippen LogP contribution in [0.4, 0.5) is 0 Å². The molecule has 0 aliphatic rings. The molecule has 0 saturated carbocycles. The fraction of sp³-hybridized carbons (Fsp3) is 0.737. The number of hydrogen-bond donors (Lipinski definition) is 7.